The highest BCUT2D eigenvalue weighted by atomic mass is 35.5. The first-order valence-electron chi connectivity index (χ1n) is 9.93. The molecule has 4 aromatic carbocycles. The predicted octanol–water partition coefficient (Wildman–Crippen LogP) is 1.88. The Hall–Kier alpha value is -2.84. The van der Waals surface area contributed by atoms with Crippen LogP contribution in [0, 0.1) is 0 Å². The molecule has 0 aliphatic heterocycles. The molecule has 0 aliphatic carbocycles. The van der Waals surface area contributed by atoms with Crippen LogP contribution in [0.5, 0.6) is 0 Å². The highest BCUT2D eigenvalue weighted by Crippen LogP contribution is 2.37. The quantitative estimate of drug-likeness (QED) is 0.407. The highest BCUT2D eigenvalue weighted by molar-refractivity contribution is 6.64. The fourth-order valence-electron chi connectivity index (χ4n) is 4.50. The maximum absolute atomic E-state index is 6.81. The summed E-state index contributed by atoms with van der Waals surface area (Å²) < 4.78 is 2.39. The normalized spacial score (nSPS) is 11.3. The largest absolute Gasteiger partial charge is 0.310 e. The summed E-state index contributed by atoms with van der Waals surface area (Å²) >= 11 is 6.81. The van der Waals surface area contributed by atoms with E-state index in [1.54, 1.807) is 0 Å². The fourth-order valence-corrected chi connectivity index (χ4v) is 4.73. The maximum Gasteiger partial charge on any atom is 0.142 e. The second-order valence-corrected chi connectivity index (χ2v) is 8.03. The molecule has 1 nitrogen and oxygen atoms in total. The Kier molecular flexibility index (Phi) is 4.33. The topological polar surface area (TPSA) is 4.93 Å². The van der Waals surface area contributed by atoms with Gasteiger partial charge in [0.1, 0.15) is 23.5 Å². The highest BCUT2D eigenvalue weighted by Gasteiger charge is 2.21. The van der Waals surface area contributed by atoms with E-state index in [2.05, 4.69) is 107 Å². The van der Waals surface area contributed by atoms with Crippen molar-refractivity contribution in [3.8, 4) is 16.8 Å². The molecule has 29 heavy (non-hydrogen) atoms. The first kappa shape index (κ1) is 18.2. The average molecular weight is 389 g/mol. The van der Waals surface area contributed by atoms with Gasteiger partial charge in [0.25, 0.3) is 0 Å². The van der Waals surface area contributed by atoms with Crippen molar-refractivity contribution < 1.29 is 0 Å². The molecular weight excluding hydrogens is 370 g/mol. The summed E-state index contributed by atoms with van der Waals surface area (Å²) in [7, 11) is 6.45. The molecule has 1 heterocycles. The van der Waals surface area contributed by atoms with Gasteiger partial charge in [-0.2, -0.15) is 0 Å². The number of aromatic nitrogens is 1. The number of nitrogens with zero attached hydrogens (tertiary/aromatic N) is 1. The molecular formula is C24H19B3ClN. The average Bonchev–Trinajstić information content (AvgIpc) is 3.13. The number of hydrogen-bond acceptors (Lipinski definition) is 0. The summed E-state index contributed by atoms with van der Waals surface area (Å²) in [6.07, 6.45) is 0. The van der Waals surface area contributed by atoms with Gasteiger partial charge in [-0.3, -0.25) is 0 Å². The minimum Gasteiger partial charge on any atom is -0.310 e. The van der Waals surface area contributed by atoms with Crippen molar-refractivity contribution in [1.82, 2.24) is 4.57 Å². The van der Waals surface area contributed by atoms with Crippen molar-refractivity contribution in [1.29, 1.82) is 0 Å². The molecule has 0 spiro atoms. The zero-order valence-electron chi connectivity index (χ0n) is 16.8. The molecule has 0 bridgehead atoms. The number of benzene rings is 4. The van der Waals surface area contributed by atoms with E-state index < -0.39 is 0 Å². The van der Waals surface area contributed by atoms with E-state index in [4.69, 9.17) is 11.6 Å². The number of halogens is 1. The van der Waals surface area contributed by atoms with Crippen molar-refractivity contribution in [3.05, 3.63) is 83.9 Å². The first-order valence-corrected chi connectivity index (χ1v) is 10.3. The second kappa shape index (κ2) is 6.90. The van der Waals surface area contributed by atoms with E-state index in [1.807, 2.05) is 0 Å². The Morgan fingerprint density at radius 2 is 1.28 bits per heavy atom. The standard InChI is InChI=1S/C24H19B3ClN/c25-20-19-18-16(14-8-3-1-4-9-14)12-7-13-17(18)29(15-10-5-2-6-11-15)24(19)22(27)21(26)23(20)28/h1-13H,25-27H2. The SMILES string of the molecule is Bc1c(Cl)c(B)c2c3c(-c4ccccc4)cccc3n(-c3ccccc3)c2c1B. The van der Waals surface area contributed by atoms with Crippen LogP contribution in [0.2, 0.25) is 5.02 Å². The number of fused-ring (bicyclic) bond motifs is 3. The Bertz CT molecular complexity index is 1380. The van der Waals surface area contributed by atoms with Gasteiger partial charge in [-0.05, 0) is 29.3 Å². The van der Waals surface area contributed by atoms with E-state index >= 15 is 0 Å². The van der Waals surface area contributed by atoms with Crippen LogP contribution in [0.15, 0.2) is 78.9 Å². The van der Waals surface area contributed by atoms with Gasteiger partial charge in [0.2, 0.25) is 0 Å². The van der Waals surface area contributed by atoms with E-state index in [0.29, 0.717) is 0 Å². The van der Waals surface area contributed by atoms with Crippen molar-refractivity contribution in [2.45, 2.75) is 0 Å². The molecule has 0 amide bonds. The third-order valence-corrected chi connectivity index (χ3v) is 6.61. The van der Waals surface area contributed by atoms with Crippen LogP contribution in [0.1, 0.15) is 0 Å². The van der Waals surface area contributed by atoms with Crippen LogP contribution in [-0.4, -0.2) is 28.1 Å². The minimum atomic E-state index is 0.866. The second-order valence-electron chi connectivity index (χ2n) is 7.65. The Morgan fingerprint density at radius 1 is 0.621 bits per heavy atom. The Balaban J connectivity index is 2.08. The van der Waals surface area contributed by atoms with E-state index in [0.717, 1.165) is 15.9 Å². The maximum atomic E-state index is 6.81. The number of rotatable bonds is 2. The molecule has 136 valence electrons. The van der Waals surface area contributed by atoms with Gasteiger partial charge < -0.3 is 4.57 Å². The van der Waals surface area contributed by atoms with Gasteiger partial charge in [0.05, 0.1) is 5.52 Å². The molecule has 0 radical (unpaired) electrons. The van der Waals surface area contributed by atoms with Gasteiger partial charge in [-0.1, -0.05) is 88.7 Å². The van der Waals surface area contributed by atoms with Gasteiger partial charge >= 0.3 is 0 Å². The van der Waals surface area contributed by atoms with Gasteiger partial charge in [-0.25, -0.2) is 0 Å². The molecule has 1 aromatic heterocycles. The lowest BCUT2D eigenvalue weighted by molar-refractivity contribution is 1.19. The summed E-state index contributed by atoms with van der Waals surface area (Å²) in [5.74, 6) is 0. The molecule has 5 aromatic rings. The lowest BCUT2D eigenvalue weighted by Crippen LogP contribution is -2.33. The summed E-state index contributed by atoms with van der Waals surface area (Å²) in [4.78, 5) is 0. The van der Waals surface area contributed by atoms with Crippen molar-refractivity contribution in [2.75, 3.05) is 0 Å². The zero-order valence-corrected chi connectivity index (χ0v) is 17.6. The van der Waals surface area contributed by atoms with Crippen LogP contribution in [0.25, 0.3) is 38.6 Å². The molecule has 0 aliphatic rings. The van der Waals surface area contributed by atoms with E-state index in [1.165, 1.54) is 44.1 Å². The van der Waals surface area contributed by atoms with E-state index in [9.17, 15) is 0 Å². The molecule has 0 atom stereocenters. The third-order valence-electron chi connectivity index (χ3n) is 6.04. The molecule has 0 unspecified atom stereocenters. The minimum absolute atomic E-state index is 0.866. The van der Waals surface area contributed by atoms with Crippen molar-refractivity contribution in [2.24, 2.45) is 0 Å². The third kappa shape index (κ3) is 2.67. The summed E-state index contributed by atoms with van der Waals surface area (Å²) in [5.41, 5.74) is 9.61. The summed E-state index contributed by atoms with van der Waals surface area (Å²) in [5, 5.41) is 3.38. The molecule has 0 saturated carbocycles. The Labute approximate surface area is 178 Å². The number of para-hydroxylation sites is 1. The summed E-state index contributed by atoms with van der Waals surface area (Å²) in [6.45, 7) is 0. The van der Waals surface area contributed by atoms with Crippen molar-refractivity contribution >= 4 is 73.3 Å². The monoisotopic (exact) mass is 389 g/mol. The van der Waals surface area contributed by atoms with E-state index in [-0.39, 0.29) is 0 Å². The summed E-state index contributed by atoms with van der Waals surface area (Å²) in [6, 6.07) is 27.8. The van der Waals surface area contributed by atoms with Gasteiger partial charge in [0, 0.05) is 27.0 Å². The number of hydrogen-bond donors (Lipinski definition) is 0. The predicted molar refractivity (Wildman–Crippen MR) is 136 cm³/mol. The Morgan fingerprint density at radius 3 is 1.97 bits per heavy atom. The lowest BCUT2D eigenvalue weighted by Gasteiger charge is -2.14. The van der Waals surface area contributed by atoms with Crippen LogP contribution in [0.4, 0.5) is 0 Å². The van der Waals surface area contributed by atoms with Crippen LogP contribution >= 0.6 is 11.6 Å². The van der Waals surface area contributed by atoms with Gasteiger partial charge in [-0.15, -0.1) is 0 Å². The first-order chi connectivity index (χ1) is 14.1. The van der Waals surface area contributed by atoms with Crippen molar-refractivity contribution in [3.63, 3.8) is 0 Å². The molecule has 0 saturated heterocycles. The van der Waals surface area contributed by atoms with Crippen LogP contribution in [-0.2, 0) is 0 Å². The smallest absolute Gasteiger partial charge is 0.142 e. The van der Waals surface area contributed by atoms with Crippen LogP contribution in [0.3, 0.4) is 0 Å². The molecule has 5 heteroatoms. The van der Waals surface area contributed by atoms with Gasteiger partial charge in [0.15, 0.2) is 0 Å². The lowest BCUT2D eigenvalue weighted by atomic mass is 9.74. The molecule has 5 rings (SSSR count). The fraction of sp³-hybridized carbons (Fsp3) is 0. The molecule has 0 N–H and O–H groups in total. The molecule has 0 fully saturated rings. The van der Waals surface area contributed by atoms with Crippen LogP contribution < -0.4 is 16.4 Å². The zero-order chi connectivity index (χ0) is 20.1.